The van der Waals surface area contributed by atoms with Crippen molar-refractivity contribution < 1.29 is 5.11 Å². The van der Waals surface area contributed by atoms with Crippen molar-refractivity contribution in [2.75, 3.05) is 0 Å². The number of nitrogens with two attached hydrogens (primary N) is 1. The zero-order valence-electron chi connectivity index (χ0n) is 11.0. The lowest BCUT2D eigenvalue weighted by Crippen LogP contribution is -2.34. The van der Waals surface area contributed by atoms with E-state index in [1.165, 1.54) is 6.42 Å². The first-order valence-corrected chi connectivity index (χ1v) is 6.76. The molecule has 1 aliphatic rings. The molecule has 0 aromatic heterocycles. The highest BCUT2D eigenvalue weighted by Gasteiger charge is 2.32. The summed E-state index contributed by atoms with van der Waals surface area (Å²) in [6.45, 7) is 2.20. The van der Waals surface area contributed by atoms with Gasteiger partial charge >= 0.3 is 0 Å². The molecule has 0 aliphatic heterocycles. The van der Waals surface area contributed by atoms with Crippen LogP contribution in [0.25, 0.3) is 0 Å². The van der Waals surface area contributed by atoms with Gasteiger partial charge in [-0.15, -0.1) is 0 Å². The zero-order valence-corrected chi connectivity index (χ0v) is 11.0. The van der Waals surface area contributed by atoms with E-state index in [0.717, 1.165) is 37.2 Å². The molecule has 0 bridgehead atoms. The van der Waals surface area contributed by atoms with Crippen LogP contribution in [0.15, 0.2) is 35.3 Å². The lowest BCUT2D eigenvalue weighted by atomic mass is 9.82. The van der Waals surface area contributed by atoms with Gasteiger partial charge in [0.1, 0.15) is 5.84 Å². The molecule has 0 atom stereocenters. The summed E-state index contributed by atoms with van der Waals surface area (Å²) in [5.41, 5.74) is 5.89. The molecule has 1 saturated carbocycles. The van der Waals surface area contributed by atoms with E-state index in [2.05, 4.69) is 11.9 Å². The molecule has 18 heavy (non-hydrogen) atoms. The summed E-state index contributed by atoms with van der Waals surface area (Å²) in [7, 11) is 0. The molecule has 1 aromatic rings. The third-order valence-corrected chi connectivity index (χ3v) is 3.88. The van der Waals surface area contributed by atoms with Crippen molar-refractivity contribution >= 4 is 5.84 Å². The Balaban J connectivity index is 2.08. The lowest BCUT2D eigenvalue weighted by Gasteiger charge is -2.32. The number of amidine groups is 1. The van der Waals surface area contributed by atoms with Crippen molar-refractivity contribution in [2.45, 2.75) is 44.8 Å². The van der Waals surface area contributed by atoms with Gasteiger partial charge in [-0.1, -0.05) is 43.7 Å². The first kappa shape index (κ1) is 13.1. The van der Waals surface area contributed by atoms with Gasteiger partial charge in [-0.05, 0) is 31.6 Å². The van der Waals surface area contributed by atoms with E-state index in [1.807, 2.05) is 30.3 Å². The third kappa shape index (κ3) is 3.10. The summed E-state index contributed by atoms with van der Waals surface area (Å²) in [6.07, 6.45) is 4.71. The van der Waals surface area contributed by atoms with E-state index < -0.39 is 5.72 Å². The maximum Gasteiger partial charge on any atom is 0.158 e. The Morgan fingerprint density at radius 2 is 1.94 bits per heavy atom. The fourth-order valence-corrected chi connectivity index (χ4v) is 2.56. The first-order chi connectivity index (χ1) is 8.63. The van der Waals surface area contributed by atoms with Crippen molar-refractivity contribution in [1.29, 1.82) is 0 Å². The molecule has 1 aliphatic carbocycles. The van der Waals surface area contributed by atoms with E-state index >= 15 is 0 Å². The quantitative estimate of drug-likeness (QED) is 0.636. The normalized spacial score (nSPS) is 29.2. The van der Waals surface area contributed by atoms with E-state index in [0.29, 0.717) is 5.84 Å². The molecule has 3 nitrogen and oxygen atoms in total. The average Bonchev–Trinajstić information content (AvgIpc) is 2.40. The minimum absolute atomic E-state index is 0.438. The number of nitrogens with zero attached hydrogens (tertiary/aromatic N) is 1. The molecule has 2 rings (SSSR count). The van der Waals surface area contributed by atoms with Gasteiger partial charge in [0.25, 0.3) is 0 Å². The number of rotatable bonds is 3. The van der Waals surface area contributed by atoms with Crippen LogP contribution in [0.5, 0.6) is 0 Å². The second-order valence-electron chi connectivity index (χ2n) is 5.20. The summed E-state index contributed by atoms with van der Waals surface area (Å²) in [5.74, 6) is 1.17. The maximum atomic E-state index is 10.4. The number of benzene rings is 1. The second-order valence-corrected chi connectivity index (χ2v) is 5.20. The predicted octanol–water partition coefficient (Wildman–Crippen LogP) is 2.68. The van der Waals surface area contributed by atoms with Crippen molar-refractivity contribution in [3.63, 3.8) is 0 Å². The first-order valence-electron chi connectivity index (χ1n) is 6.76. The molecule has 0 heterocycles. The van der Waals surface area contributed by atoms with Crippen LogP contribution in [0.4, 0.5) is 0 Å². The van der Waals surface area contributed by atoms with Crippen LogP contribution in [0.3, 0.4) is 0 Å². The van der Waals surface area contributed by atoms with E-state index in [9.17, 15) is 5.11 Å². The van der Waals surface area contributed by atoms with Crippen molar-refractivity contribution in [1.82, 2.24) is 0 Å². The minimum atomic E-state index is -0.953. The van der Waals surface area contributed by atoms with Gasteiger partial charge in [0, 0.05) is 5.56 Å². The Morgan fingerprint density at radius 1 is 1.33 bits per heavy atom. The largest absolute Gasteiger partial charge is 0.383 e. The third-order valence-electron chi connectivity index (χ3n) is 3.88. The van der Waals surface area contributed by atoms with Crippen LogP contribution < -0.4 is 5.73 Å². The standard InChI is InChI=1S/C15H22N2O/c1-2-12-8-10-15(18,11-9-12)17-14(16)13-6-4-3-5-7-13/h3-7,12,18H,2,8-11H2,1H3,(H2,16,17). The van der Waals surface area contributed by atoms with Gasteiger partial charge in [0.15, 0.2) is 5.72 Å². The van der Waals surface area contributed by atoms with Crippen LogP contribution in [-0.4, -0.2) is 16.7 Å². The number of hydrogen-bond donors (Lipinski definition) is 2. The van der Waals surface area contributed by atoms with Gasteiger partial charge in [-0.25, -0.2) is 4.99 Å². The highest BCUT2D eigenvalue weighted by Crippen LogP contribution is 2.34. The molecule has 1 fully saturated rings. The smallest absolute Gasteiger partial charge is 0.158 e. The van der Waals surface area contributed by atoms with Crippen LogP contribution >= 0.6 is 0 Å². The van der Waals surface area contributed by atoms with E-state index in [4.69, 9.17) is 5.73 Å². The fraction of sp³-hybridized carbons (Fsp3) is 0.533. The molecule has 98 valence electrons. The van der Waals surface area contributed by atoms with Gasteiger partial charge in [-0.2, -0.15) is 0 Å². The second kappa shape index (κ2) is 5.53. The zero-order chi connectivity index (χ0) is 13.0. The Bertz CT molecular complexity index is 406. The van der Waals surface area contributed by atoms with Crippen LogP contribution in [-0.2, 0) is 0 Å². The molecule has 0 saturated heterocycles. The van der Waals surface area contributed by atoms with Crippen molar-refractivity contribution in [2.24, 2.45) is 16.6 Å². The summed E-state index contributed by atoms with van der Waals surface area (Å²) in [6, 6.07) is 9.63. The molecule has 3 heteroatoms. The van der Waals surface area contributed by atoms with Gasteiger partial charge in [-0.3, -0.25) is 0 Å². The van der Waals surface area contributed by atoms with Crippen LogP contribution in [0.2, 0.25) is 0 Å². The number of hydrogen-bond acceptors (Lipinski definition) is 2. The van der Waals surface area contributed by atoms with Gasteiger partial charge in [0.2, 0.25) is 0 Å². The van der Waals surface area contributed by atoms with Crippen LogP contribution in [0.1, 0.15) is 44.6 Å². The minimum Gasteiger partial charge on any atom is -0.383 e. The summed E-state index contributed by atoms with van der Waals surface area (Å²) < 4.78 is 0. The molecular weight excluding hydrogens is 224 g/mol. The Morgan fingerprint density at radius 3 is 2.50 bits per heavy atom. The summed E-state index contributed by atoms with van der Waals surface area (Å²) in [5, 5.41) is 10.4. The molecule has 0 spiro atoms. The van der Waals surface area contributed by atoms with Gasteiger partial charge in [0.05, 0.1) is 0 Å². The molecule has 0 unspecified atom stereocenters. The predicted molar refractivity (Wildman–Crippen MR) is 74.4 cm³/mol. The topological polar surface area (TPSA) is 58.6 Å². The highest BCUT2D eigenvalue weighted by atomic mass is 16.3. The Kier molecular flexibility index (Phi) is 4.02. The molecular formula is C15H22N2O. The molecule has 0 radical (unpaired) electrons. The monoisotopic (exact) mass is 246 g/mol. The fourth-order valence-electron chi connectivity index (χ4n) is 2.56. The number of aliphatic hydroxyl groups is 1. The maximum absolute atomic E-state index is 10.4. The van der Waals surface area contributed by atoms with Crippen LogP contribution in [0, 0.1) is 5.92 Å². The lowest BCUT2D eigenvalue weighted by molar-refractivity contribution is -0.00135. The number of aliphatic imine (C=N–C) groups is 1. The van der Waals surface area contributed by atoms with Crippen molar-refractivity contribution in [3.8, 4) is 0 Å². The Labute approximate surface area is 109 Å². The van der Waals surface area contributed by atoms with E-state index in [-0.39, 0.29) is 0 Å². The average molecular weight is 246 g/mol. The Hall–Kier alpha value is -1.35. The van der Waals surface area contributed by atoms with E-state index in [1.54, 1.807) is 0 Å². The SMILES string of the molecule is CCC1CCC(O)(N=C(N)c2ccccc2)CC1. The summed E-state index contributed by atoms with van der Waals surface area (Å²) in [4.78, 5) is 4.36. The summed E-state index contributed by atoms with van der Waals surface area (Å²) >= 11 is 0. The molecule has 0 amide bonds. The van der Waals surface area contributed by atoms with Crippen molar-refractivity contribution in [3.05, 3.63) is 35.9 Å². The highest BCUT2D eigenvalue weighted by molar-refractivity contribution is 5.97. The molecule has 1 aromatic carbocycles. The molecule has 3 N–H and O–H groups in total. The van der Waals surface area contributed by atoms with Gasteiger partial charge < -0.3 is 10.8 Å².